The number of nitrogens with zero attached hydrogens (tertiary/aromatic N) is 1. The van der Waals surface area contributed by atoms with E-state index in [1.165, 1.54) is 49.6 Å². The van der Waals surface area contributed by atoms with E-state index < -0.39 is 28.3 Å². The van der Waals surface area contributed by atoms with E-state index in [0.29, 0.717) is 5.75 Å². The molecule has 0 saturated carbocycles. The average Bonchev–Trinajstić information content (AvgIpc) is 2.60. The molecule has 0 heterocycles. The number of nitrogens with one attached hydrogen (secondary N) is 1. The predicted molar refractivity (Wildman–Crippen MR) is 97.2 cm³/mol. The highest BCUT2D eigenvalue weighted by Crippen LogP contribution is 2.27. The Hall–Kier alpha value is -2.61. The number of halogens is 1. The van der Waals surface area contributed by atoms with Gasteiger partial charge in [0.25, 0.3) is 10.0 Å². The van der Waals surface area contributed by atoms with E-state index in [9.17, 15) is 17.6 Å². The van der Waals surface area contributed by atoms with Crippen LogP contribution in [0.2, 0.25) is 0 Å². The summed E-state index contributed by atoms with van der Waals surface area (Å²) in [6.45, 7) is 2.97. The molecule has 0 unspecified atom stereocenters. The van der Waals surface area contributed by atoms with E-state index in [-0.39, 0.29) is 16.6 Å². The number of hydrogen-bond acceptors (Lipinski definition) is 4. The molecule has 1 N–H and O–H groups in total. The third kappa shape index (κ3) is 4.51. The summed E-state index contributed by atoms with van der Waals surface area (Å²) in [6.07, 6.45) is 0. The van der Waals surface area contributed by atoms with Gasteiger partial charge in [-0.1, -0.05) is 12.1 Å². The van der Waals surface area contributed by atoms with Crippen molar-refractivity contribution in [3.63, 3.8) is 0 Å². The van der Waals surface area contributed by atoms with Gasteiger partial charge in [0.05, 0.1) is 17.7 Å². The third-order valence-corrected chi connectivity index (χ3v) is 5.28. The Bertz CT molecular complexity index is 867. The fourth-order valence-corrected chi connectivity index (χ4v) is 3.76. The van der Waals surface area contributed by atoms with Crippen molar-refractivity contribution in [2.45, 2.75) is 24.8 Å². The van der Waals surface area contributed by atoms with Crippen molar-refractivity contribution in [1.82, 2.24) is 5.32 Å². The number of para-hydroxylation sites is 1. The molecule has 8 heteroatoms. The van der Waals surface area contributed by atoms with Gasteiger partial charge < -0.3 is 10.1 Å². The van der Waals surface area contributed by atoms with Crippen LogP contribution in [0.1, 0.15) is 13.8 Å². The third-order valence-electron chi connectivity index (χ3n) is 3.51. The Kier molecular flexibility index (Phi) is 6.20. The smallest absolute Gasteiger partial charge is 0.264 e. The van der Waals surface area contributed by atoms with Crippen LogP contribution >= 0.6 is 0 Å². The second kappa shape index (κ2) is 8.18. The van der Waals surface area contributed by atoms with Gasteiger partial charge in [-0.25, -0.2) is 12.8 Å². The predicted octanol–water partition coefficient (Wildman–Crippen LogP) is 2.55. The van der Waals surface area contributed by atoms with E-state index in [1.807, 2.05) is 0 Å². The highest BCUT2D eigenvalue weighted by atomic mass is 32.2. The van der Waals surface area contributed by atoms with Crippen LogP contribution in [-0.2, 0) is 14.8 Å². The molecule has 0 saturated heterocycles. The number of amides is 1. The number of benzene rings is 2. The summed E-state index contributed by atoms with van der Waals surface area (Å²) in [5, 5.41) is 2.62. The van der Waals surface area contributed by atoms with Gasteiger partial charge in [0.2, 0.25) is 5.91 Å². The average molecular weight is 380 g/mol. The number of ether oxygens (including phenoxy) is 1. The SMILES string of the molecule is COc1ccc(S(=O)(=O)N(CC(=O)NC(C)C)c2ccccc2F)cc1. The first-order valence-corrected chi connectivity index (χ1v) is 9.40. The van der Waals surface area contributed by atoms with Crippen molar-refractivity contribution < 1.29 is 22.3 Å². The topological polar surface area (TPSA) is 75.7 Å². The zero-order valence-electron chi connectivity index (χ0n) is 14.8. The quantitative estimate of drug-likeness (QED) is 0.801. The van der Waals surface area contributed by atoms with E-state index >= 15 is 0 Å². The van der Waals surface area contributed by atoms with Gasteiger partial charge in [0, 0.05) is 6.04 Å². The van der Waals surface area contributed by atoms with Crippen LogP contribution in [0, 0.1) is 5.82 Å². The van der Waals surface area contributed by atoms with Gasteiger partial charge >= 0.3 is 0 Å². The highest BCUT2D eigenvalue weighted by molar-refractivity contribution is 7.92. The molecule has 6 nitrogen and oxygen atoms in total. The maximum absolute atomic E-state index is 14.3. The summed E-state index contributed by atoms with van der Waals surface area (Å²) in [6, 6.07) is 10.9. The first kappa shape index (κ1) is 19.7. The number of carbonyl (C=O) groups excluding carboxylic acids is 1. The van der Waals surface area contributed by atoms with E-state index in [2.05, 4.69) is 5.32 Å². The molecule has 0 atom stereocenters. The van der Waals surface area contributed by atoms with E-state index in [4.69, 9.17) is 4.74 Å². The molecule has 0 aliphatic heterocycles. The molecule has 0 bridgehead atoms. The lowest BCUT2D eigenvalue weighted by molar-refractivity contribution is -0.120. The number of anilines is 1. The van der Waals surface area contributed by atoms with Crippen molar-refractivity contribution in [3.05, 3.63) is 54.3 Å². The normalized spacial score (nSPS) is 11.3. The van der Waals surface area contributed by atoms with E-state index in [1.54, 1.807) is 13.8 Å². The van der Waals surface area contributed by atoms with Crippen molar-refractivity contribution in [2.24, 2.45) is 0 Å². The van der Waals surface area contributed by atoms with Crippen molar-refractivity contribution in [3.8, 4) is 5.75 Å². The van der Waals surface area contributed by atoms with Crippen LogP contribution in [0.4, 0.5) is 10.1 Å². The largest absolute Gasteiger partial charge is 0.497 e. The van der Waals surface area contributed by atoms with Crippen LogP contribution in [0.25, 0.3) is 0 Å². The summed E-state index contributed by atoms with van der Waals surface area (Å²) in [4.78, 5) is 12.1. The summed E-state index contributed by atoms with van der Waals surface area (Å²) in [7, 11) is -2.69. The number of methoxy groups -OCH3 is 1. The zero-order valence-corrected chi connectivity index (χ0v) is 15.6. The monoisotopic (exact) mass is 380 g/mol. The molecular formula is C18H21FN2O4S. The molecule has 0 spiro atoms. The molecule has 2 aromatic carbocycles. The summed E-state index contributed by atoms with van der Waals surface area (Å²) in [5.74, 6) is -0.777. The Morgan fingerprint density at radius 2 is 1.77 bits per heavy atom. The maximum Gasteiger partial charge on any atom is 0.264 e. The van der Waals surface area contributed by atoms with Gasteiger partial charge in [-0.3, -0.25) is 9.10 Å². The van der Waals surface area contributed by atoms with Crippen LogP contribution in [0.3, 0.4) is 0 Å². The van der Waals surface area contributed by atoms with Crippen LogP contribution in [0.5, 0.6) is 5.75 Å². The zero-order chi connectivity index (χ0) is 19.3. The molecule has 0 aliphatic carbocycles. The summed E-state index contributed by atoms with van der Waals surface area (Å²) < 4.78 is 46.1. The highest BCUT2D eigenvalue weighted by Gasteiger charge is 2.29. The standard InChI is InChI=1S/C18H21FN2O4S/c1-13(2)20-18(22)12-21(17-7-5-4-6-16(17)19)26(23,24)15-10-8-14(25-3)9-11-15/h4-11,13H,12H2,1-3H3,(H,20,22). The van der Waals surface area contributed by atoms with Gasteiger partial charge in [0.1, 0.15) is 18.1 Å². The molecule has 1 amide bonds. The second-order valence-corrected chi connectivity index (χ2v) is 7.72. The molecule has 0 aliphatic rings. The Labute approximate surface area is 152 Å². The first-order valence-electron chi connectivity index (χ1n) is 7.96. The van der Waals surface area contributed by atoms with E-state index in [0.717, 1.165) is 10.4 Å². The first-order chi connectivity index (χ1) is 12.3. The van der Waals surface area contributed by atoms with Crippen molar-refractivity contribution in [2.75, 3.05) is 18.0 Å². The fraction of sp³-hybridized carbons (Fsp3) is 0.278. The number of sulfonamides is 1. The van der Waals surface area contributed by atoms with Crippen LogP contribution in [0.15, 0.2) is 53.4 Å². The van der Waals surface area contributed by atoms with Gasteiger partial charge in [-0.2, -0.15) is 0 Å². The minimum atomic E-state index is -4.16. The Morgan fingerprint density at radius 3 is 2.31 bits per heavy atom. The number of carbonyl (C=O) groups is 1. The van der Waals surface area contributed by atoms with Crippen molar-refractivity contribution in [1.29, 1.82) is 0 Å². The minimum absolute atomic E-state index is 0.0705. The molecular weight excluding hydrogens is 359 g/mol. The number of hydrogen-bond donors (Lipinski definition) is 1. The molecule has 0 fully saturated rings. The molecule has 0 aromatic heterocycles. The fourth-order valence-electron chi connectivity index (χ4n) is 2.33. The lowest BCUT2D eigenvalue weighted by atomic mass is 10.3. The van der Waals surface area contributed by atoms with Gasteiger partial charge in [-0.05, 0) is 50.2 Å². The maximum atomic E-state index is 14.3. The molecule has 2 rings (SSSR count). The van der Waals surface area contributed by atoms with Crippen LogP contribution in [-0.4, -0.2) is 34.0 Å². The molecule has 2 aromatic rings. The second-order valence-electron chi connectivity index (χ2n) is 5.86. The number of rotatable bonds is 7. The molecule has 140 valence electrons. The van der Waals surface area contributed by atoms with Gasteiger partial charge in [0.15, 0.2) is 0 Å². The lowest BCUT2D eigenvalue weighted by Crippen LogP contribution is -2.43. The Morgan fingerprint density at radius 1 is 1.15 bits per heavy atom. The van der Waals surface area contributed by atoms with Crippen LogP contribution < -0.4 is 14.4 Å². The molecule has 26 heavy (non-hydrogen) atoms. The lowest BCUT2D eigenvalue weighted by Gasteiger charge is -2.25. The minimum Gasteiger partial charge on any atom is -0.497 e. The summed E-state index contributed by atoms with van der Waals surface area (Å²) in [5.41, 5.74) is -0.192. The van der Waals surface area contributed by atoms with Crippen molar-refractivity contribution >= 4 is 21.6 Å². The molecule has 0 radical (unpaired) electrons. The Balaban J connectivity index is 2.47. The summed E-state index contributed by atoms with van der Waals surface area (Å²) >= 11 is 0. The van der Waals surface area contributed by atoms with Gasteiger partial charge in [-0.15, -0.1) is 0 Å².